The van der Waals surface area contributed by atoms with Gasteiger partial charge < -0.3 is 19.4 Å². The number of nitriles is 2. The molecule has 0 bridgehead atoms. The van der Waals surface area contributed by atoms with Gasteiger partial charge in [-0.1, -0.05) is 42.5 Å². The molecule has 1 spiro atoms. The van der Waals surface area contributed by atoms with Crippen molar-refractivity contribution in [2.75, 3.05) is 44.2 Å². The maximum Gasteiger partial charge on any atom is 0.257 e. The van der Waals surface area contributed by atoms with Gasteiger partial charge in [0.1, 0.15) is 17.6 Å². The lowest BCUT2D eigenvalue weighted by molar-refractivity contribution is 0.0363. The normalized spacial score (nSPS) is 16.7. The molecule has 1 fully saturated rings. The summed E-state index contributed by atoms with van der Waals surface area (Å²) in [5, 5.41) is 18.5. The Balaban J connectivity index is 1.27. The van der Waals surface area contributed by atoms with Crippen LogP contribution >= 0.6 is 0 Å². The van der Waals surface area contributed by atoms with Gasteiger partial charge in [0.25, 0.3) is 11.8 Å². The molecular weight excluding hydrogens is 600 g/mol. The number of hydrogen-bond donors (Lipinski definition) is 0. The van der Waals surface area contributed by atoms with Crippen LogP contribution in [0.15, 0.2) is 97.2 Å². The zero-order valence-electron chi connectivity index (χ0n) is 26.9. The number of pyridine rings is 1. The summed E-state index contributed by atoms with van der Waals surface area (Å²) < 4.78 is 6.57. The van der Waals surface area contributed by atoms with Gasteiger partial charge in [0.2, 0.25) is 0 Å². The molecule has 242 valence electrons. The molecule has 9 heteroatoms. The first-order valence-corrected chi connectivity index (χ1v) is 16.4. The molecule has 0 N–H and O–H groups in total. The summed E-state index contributed by atoms with van der Waals surface area (Å²) in [5.41, 5.74) is 2.98. The highest BCUT2D eigenvalue weighted by molar-refractivity contribution is 5.97. The highest BCUT2D eigenvalue weighted by Crippen LogP contribution is 2.38. The summed E-state index contributed by atoms with van der Waals surface area (Å²) in [7, 11) is 0. The second kappa shape index (κ2) is 14.8. The topological polar surface area (TPSA) is 114 Å². The minimum Gasteiger partial charge on any atom is -0.492 e. The van der Waals surface area contributed by atoms with E-state index < -0.39 is 0 Å². The van der Waals surface area contributed by atoms with E-state index in [2.05, 4.69) is 22.0 Å². The van der Waals surface area contributed by atoms with E-state index in [4.69, 9.17) is 10.00 Å². The second-order valence-corrected chi connectivity index (χ2v) is 12.6. The summed E-state index contributed by atoms with van der Waals surface area (Å²) in [6, 6.07) is 32.1. The number of likely N-dealkylation sites (tertiary alicyclic amines) is 1. The van der Waals surface area contributed by atoms with Crippen LogP contribution in [0.4, 0.5) is 5.82 Å². The van der Waals surface area contributed by atoms with Crippen LogP contribution in [-0.4, -0.2) is 65.9 Å². The highest BCUT2D eigenvalue weighted by atomic mass is 16.5. The van der Waals surface area contributed by atoms with Gasteiger partial charge in [0.05, 0.1) is 29.4 Å². The zero-order chi connectivity index (χ0) is 33.3. The summed E-state index contributed by atoms with van der Waals surface area (Å²) in [4.78, 5) is 38.2. The quantitative estimate of drug-likeness (QED) is 0.267. The number of para-hydroxylation sites is 1. The van der Waals surface area contributed by atoms with Crippen molar-refractivity contribution in [3.63, 3.8) is 0 Å². The van der Waals surface area contributed by atoms with Crippen molar-refractivity contribution >= 4 is 17.6 Å². The average Bonchev–Trinajstić information content (AvgIpc) is 3.15. The first-order chi connectivity index (χ1) is 23.5. The van der Waals surface area contributed by atoms with E-state index in [0.717, 1.165) is 43.6 Å². The van der Waals surface area contributed by atoms with E-state index in [1.165, 1.54) is 0 Å². The maximum atomic E-state index is 14.2. The number of carbonyl (C=O) groups is 2. The molecule has 48 heavy (non-hydrogen) atoms. The zero-order valence-corrected chi connectivity index (χ0v) is 26.9. The molecule has 1 aromatic heterocycles. The molecule has 3 heterocycles. The number of fused-ring (bicyclic) bond motifs is 1. The van der Waals surface area contributed by atoms with Gasteiger partial charge in [-0.2, -0.15) is 10.5 Å². The fraction of sp³-hybridized carbons (Fsp3) is 0.308. The minimum absolute atomic E-state index is 0.0348. The summed E-state index contributed by atoms with van der Waals surface area (Å²) in [5.74, 6) is 1.20. The molecule has 0 aliphatic carbocycles. The van der Waals surface area contributed by atoms with E-state index in [1.807, 2.05) is 70.5 Å². The number of ether oxygens (including phenoxy) is 1. The standard InChI is InChI=1S/C39H38N6O3/c40-25-30-11-14-33(15-12-30)37(46)44-21-18-39(19-22-44)17-6-20-43(36-16-13-32(26-41)27-42-36)23-24-45(28-31-7-2-1-3-8-31)38(47)34-9-4-5-10-35(34)48-29-39/h1-5,7-16,27H,6,17-24,28-29H2. The Bertz CT molecular complexity index is 1800. The average molecular weight is 639 g/mol. The lowest BCUT2D eigenvalue weighted by Crippen LogP contribution is -2.46. The predicted octanol–water partition coefficient (Wildman–Crippen LogP) is 6.07. The van der Waals surface area contributed by atoms with Crippen LogP contribution in [0.5, 0.6) is 5.75 Å². The van der Waals surface area contributed by atoms with Gasteiger partial charge >= 0.3 is 0 Å². The van der Waals surface area contributed by atoms with E-state index >= 15 is 0 Å². The molecule has 9 nitrogen and oxygen atoms in total. The Morgan fingerprint density at radius 1 is 0.792 bits per heavy atom. The molecule has 2 amide bonds. The Hall–Kier alpha value is -5.67. The Kier molecular flexibility index (Phi) is 9.97. The molecule has 1 saturated heterocycles. The van der Waals surface area contributed by atoms with E-state index in [9.17, 15) is 14.9 Å². The summed E-state index contributed by atoms with van der Waals surface area (Å²) in [6.45, 7) is 3.83. The third-order valence-corrected chi connectivity index (χ3v) is 9.50. The first-order valence-electron chi connectivity index (χ1n) is 16.4. The third kappa shape index (κ3) is 7.48. The molecule has 3 aromatic carbocycles. The van der Waals surface area contributed by atoms with Gasteiger partial charge in [-0.05, 0) is 79.8 Å². The second-order valence-electron chi connectivity index (χ2n) is 12.6. The van der Waals surface area contributed by atoms with Crippen molar-refractivity contribution in [2.24, 2.45) is 5.41 Å². The van der Waals surface area contributed by atoms with Gasteiger partial charge in [0, 0.05) is 56.4 Å². The molecule has 6 rings (SSSR count). The molecule has 2 aliphatic rings. The van der Waals surface area contributed by atoms with Crippen molar-refractivity contribution < 1.29 is 14.3 Å². The van der Waals surface area contributed by atoms with Crippen LogP contribution in [0.1, 0.15) is 63.1 Å². The fourth-order valence-electron chi connectivity index (χ4n) is 6.61. The summed E-state index contributed by atoms with van der Waals surface area (Å²) in [6.07, 6.45) is 4.86. The monoisotopic (exact) mass is 638 g/mol. The molecule has 2 aliphatic heterocycles. The predicted molar refractivity (Wildman–Crippen MR) is 182 cm³/mol. The molecule has 0 atom stereocenters. The van der Waals surface area contributed by atoms with Crippen LogP contribution < -0.4 is 9.64 Å². The maximum absolute atomic E-state index is 14.2. The van der Waals surface area contributed by atoms with E-state index in [-0.39, 0.29) is 17.2 Å². The smallest absolute Gasteiger partial charge is 0.257 e. The molecule has 0 unspecified atom stereocenters. The van der Waals surface area contributed by atoms with Crippen molar-refractivity contribution in [3.8, 4) is 17.9 Å². The third-order valence-electron chi connectivity index (χ3n) is 9.50. The number of rotatable bonds is 4. The molecule has 0 radical (unpaired) electrons. The number of benzene rings is 3. The Morgan fingerprint density at radius 2 is 1.50 bits per heavy atom. The number of hydrogen-bond acceptors (Lipinski definition) is 7. The number of aromatic nitrogens is 1. The number of nitrogens with zero attached hydrogens (tertiary/aromatic N) is 6. The van der Waals surface area contributed by atoms with Crippen LogP contribution in [0.2, 0.25) is 0 Å². The van der Waals surface area contributed by atoms with E-state index in [0.29, 0.717) is 67.3 Å². The van der Waals surface area contributed by atoms with E-state index in [1.54, 1.807) is 36.5 Å². The van der Waals surface area contributed by atoms with Crippen molar-refractivity contribution in [2.45, 2.75) is 32.2 Å². The van der Waals surface area contributed by atoms with Crippen LogP contribution in [0, 0.1) is 28.1 Å². The SMILES string of the molecule is N#Cc1ccc(C(=O)N2CCC3(CCCN(c4ccc(C#N)cn4)CCN(Cc4ccccc4)C(=O)c4ccccc4OC3)CC2)cc1. The Morgan fingerprint density at radius 3 is 2.21 bits per heavy atom. The summed E-state index contributed by atoms with van der Waals surface area (Å²) >= 11 is 0. The van der Waals surface area contributed by atoms with Crippen LogP contribution in [-0.2, 0) is 6.54 Å². The lowest BCUT2D eigenvalue weighted by atomic mass is 9.75. The van der Waals surface area contributed by atoms with Gasteiger partial charge in [-0.25, -0.2) is 4.98 Å². The van der Waals surface area contributed by atoms with Crippen LogP contribution in [0.3, 0.4) is 0 Å². The first kappa shape index (κ1) is 32.3. The van der Waals surface area contributed by atoms with Crippen molar-refractivity contribution in [1.29, 1.82) is 10.5 Å². The van der Waals surface area contributed by atoms with Crippen LogP contribution in [0.25, 0.3) is 0 Å². The van der Waals surface area contributed by atoms with Gasteiger partial charge in [-0.15, -0.1) is 0 Å². The molecule has 0 saturated carbocycles. The number of anilines is 1. The molecular formula is C39H38N6O3. The van der Waals surface area contributed by atoms with Gasteiger partial charge in [-0.3, -0.25) is 9.59 Å². The minimum atomic E-state index is -0.195. The van der Waals surface area contributed by atoms with Crippen molar-refractivity contribution in [3.05, 3.63) is 125 Å². The van der Waals surface area contributed by atoms with Gasteiger partial charge in [0.15, 0.2) is 0 Å². The lowest BCUT2D eigenvalue weighted by Gasteiger charge is -2.42. The highest BCUT2D eigenvalue weighted by Gasteiger charge is 2.37. The Labute approximate surface area is 281 Å². The number of piperidine rings is 1. The van der Waals surface area contributed by atoms with Crippen molar-refractivity contribution in [1.82, 2.24) is 14.8 Å². The number of amides is 2. The fourth-order valence-corrected chi connectivity index (χ4v) is 6.61. The number of carbonyl (C=O) groups excluding carboxylic acids is 2. The molecule has 4 aromatic rings. The largest absolute Gasteiger partial charge is 0.492 e.